The minimum absolute atomic E-state index is 0.207. The van der Waals surface area contributed by atoms with Gasteiger partial charge in [-0.05, 0) is 65.1 Å². The van der Waals surface area contributed by atoms with Crippen molar-refractivity contribution in [3.63, 3.8) is 0 Å². The summed E-state index contributed by atoms with van der Waals surface area (Å²) in [6.45, 7) is 0. The molecule has 0 atom stereocenters. The fourth-order valence-electron chi connectivity index (χ4n) is 1.90. The standard InChI is InChI=1S/C16H14BrIN2O3S/c1-22-10-4-5-11(14(8-10)23-2)15(21)20-16(24)19-13-6-3-9(17)7-12(13)18/h3-8H,1-2H3,(H2,19,20,21,24). The number of rotatable bonds is 4. The molecule has 1 amide bonds. The predicted octanol–water partition coefficient (Wildman–Crippen LogP) is 4.20. The molecule has 0 radical (unpaired) electrons. The highest BCUT2D eigenvalue weighted by atomic mass is 127. The van der Waals surface area contributed by atoms with E-state index in [4.69, 9.17) is 21.7 Å². The van der Waals surface area contributed by atoms with E-state index in [2.05, 4.69) is 49.2 Å². The molecule has 2 N–H and O–H groups in total. The van der Waals surface area contributed by atoms with Gasteiger partial charge in [0.25, 0.3) is 5.91 Å². The van der Waals surface area contributed by atoms with Gasteiger partial charge in [-0.3, -0.25) is 10.1 Å². The van der Waals surface area contributed by atoms with Crippen molar-refractivity contribution in [1.82, 2.24) is 5.32 Å². The average Bonchev–Trinajstić information content (AvgIpc) is 2.56. The van der Waals surface area contributed by atoms with Crippen molar-refractivity contribution in [1.29, 1.82) is 0 Å². The molecular formula is C16H14BrIN2O3S. The van der Waals surface area contributed by atoms with E-state index in [1.54, 1.807) is 25.3 Å². The van der Waals surface area contributed by atoms with Crippen molar-refractivity contribution in [2.45, 2.75) is 0 Å². The van der Waals surface area contributed by atoms with E-state index >= 15 is 0 Å². The zero-order valence-electron chi connectivity index (χ0n) is 12.9. The van der Waals surface area contributed by atoms with Crippen molar-refractivity contribution >= 4 is 67.4 Å². The lowest BCUT2D eigenvalue weighted by Gasteiger charge is -2.13. The highest BCUT2D eigenvalue weighted by molar-refractivity contribution is 14.1. The Morgan fingerprint density at radius 1 is 1.17 bits per heavy atom. The molecule has 0 aromatic heterocycles. The number of ether oxygens (including phenoxy) is 2. The number of hydrogen-bond donors (Lipinski definition) is 2. The number of methoxy groups -OCH3 is 2. The highest BCUT2D eigenvalue weighted by Crippen LogP contribution is 2.25. The molecule has 0 saturated carbocycles. The first-order chi connectivity index (χ1) is 11.4. The summed E-state index contributed by atoms with van der Waals surface area (Å²) in [6.07, 6.45) is 0. The second-order valence-corrected chi connectivity index (χ2v) is 7.08. The molecule has 2 aromatic carbocycles. The number of benzene rings is 2. The van der Waals surface area contributed by atoms with Gasteiger partial charge in [0.2, 0.25) is 0 Å². The molecule has 2 aromatic rings. The first-order valence-corrected chi connectivity index (χ1v) is 9.02. The van der Waals surface area contributed by atoms with Crippen LogP contribution in [0.1, 0.15) is 10.4 Å². The van der Waals surface area contributed by atoms with E-state index in [1.807, 2.05) is 18.2 Å². The molecular weight excluding hydrogens is 507 g/mol. The lowest BCUT2D eigenvalue weighted by molar-refractivity contribution is 0.0974. The number of hydrogen-bond acceptors (Lipinski definition) is 4. The van der Waals surface area contributed by atoms with Crippen LogP contribution in [0.5, 0.6) is 11.5 Å². The lowest BCUT2D eigenvalue weighted by Crippen LogP contribution is -2.34. The van der Waals surface area contributed by atoms with Gasteiger partial charge in [0.1, 0.15) is 11.5 Å². The first-order valence-electron chi connectivity index (χ1n) is 6.74. The summed E-state index contributed by atoms with van der Waals surface area (Å²) in [7, 11) is 3.04. The van der Waals surface area contributed by atoms with Gasteiger partial charge in [-0.1, -0.05) is 15.9 Å². The van der Waals surface area contributed by atoms with Crippen LogP contribution in [0, 0.1) is 3.57 Å². The van der Waals surface area contributed by atoms with Crippen LogP contribution >= 0.6 is 50.7 Å². The fourth-order valence-corrected chi connectivity index (χ4v) is 3.54. The zero-order valence-corrected chi connectivity index (χ0v) is 17.4. The molecule has 8 heteroatoms. The summed E-state index contributed by atoms with van der Waals surface area (Å²) in [4.78, 5) is 12.4. The molecule has 0 aliphatic rings. The molecule has 0 fully saturated rings. The Balaban J connectivity index is 2.10. The predicted molar refractivity (Wildman–Crippen MR) is 110 cm³/mol. The van der Waals surface area contributed by atoms with Gasteiger partial charge in [0.15, 0.2) is 5.11 Å². The Kier molecular flexibility index (Phi) is 6.81. The molecule has 2 rings (SSSR count). The summed E-state index contributed by atoms with van der Waals surface area (Å²) < 4.78 is 12.3. The summed E-state index contributed by atoms with van der Waals surface area (Å²) in [6, 6.07) is 10.7. The van der Waals surface area contributed by atoms with Crippen LogP contribution in [0.3, 0.4) is 0 Å². The van der Waals surface area contributed by atoms with Gasteiger partial charge in [-0.25, -0.2) is 0 Å². The molecule has 24 heavy (non-hydrogen) atoms. The smallest absolute Gasteiger partial charge is 0.261 e. The molecule has 0 aliphatic carbocycles. The second kappa shape index (κ2) is 8.63. The van der Waals surface area contributed by atoms with Crippen LogP contribution in [-0.2, 0) is 0 Å². The summed E-state index contributed by atoms with van der Waals surface area (Å²) in [5, 5.41) is 5.85. The number of nitrogens with one attached hydrogen (secondary N) is 2. The summed E-state index contributed by atoms with van der Waals surface area (Å²) in [5.74, 6) is 0.653. The van der Waals surface area contributed by atoms with Crippen molar-refractivity contribution in [3.8, 4) is 11.5 Å². The van der Waals surface area contributed by atoms with E-state index in [9.17, 15) is 4.79 Å². The SMILES string of the molecule is COc1ccc(C(=O)NC(=S)Nc2ccc(Br)cc2I)c(OC)c1. The lowest BCUT2D eigenvalue weighted by atomic mass is 10.2. The number of anilines is 1. The Morgan fingerprint density at radius 3 is 2.54 bits per heavy atom. The van der Waals surface area contributed by atoms with E-state index in [-0.39, 0.29) is 11.0 Å². The van der Waals surface area contributed by atoms with E-state index in [0.717, 1.165) is 13.7 Å². The third-order valence-electron chi connectivity index (χ3n) is 3.06. The Bertz CT molecular complexity index is 786. The average molecular weight is 521 g/mol. The quantitative estimate of drug-likeness (QED) is 0.467. The van der Waals surface area contributed by atoms with Crippen molar-refractivity contribution in [2.75, 3.05) is 19.5 Å². The summed E-state index contributed by atoms with van der Waals surface area (Å²) in [5.41, 5.74) is 1.18. The Labute approximate surface area is 167 Å². The minimum Gasteiger partial charge on any atom is -0.497 e. The maximum atomic E-state index is 12.4. The maximum absolute atomic E-state index is 12.4. The van der Waals surface area contributed by atoms with E-state index in [0.29, 0.717) is 17.1 Å². The van der Waals surface area contributed by atoms with Crippen LogP contribution in [0.15, 0.2) is 40.9 Å². The fraction of sp³-hybridized carbons (Fsp3) is 0.125. The minimum atomic E-state index is -0.362. The molecule has 0 aliphatic heterocycles. The maximum Gasteiger partial charge on any atom is 0.261 e. The van der Waals surface area contributed by atoms with Crippen molar-refractivity contribution in [2.24, 2.45) is 0 Å². The van der Waals surface area contributed by atoms with Crippen LogP contribution in [-0.4, -0.2) is 25.2 Å². The monoisotopic (exact) mass is 520 g/mol. The third kappa shape index (κ3) is 4.81. The van der Waals surface area contributed by atoms with E-state index < -0.39 is 0 Å². The second-order valence-electron chi connectivity index (χ2n) is 4.60. The molecule has 5 nitrogen and oxygen atoms in total. The Hall–Kier alpha value is -1.39. The van der Waals surface area contributed by atoms with Gasteiger partial charge in [0.05, 0.1) is 25.5 Å². The summed E-state index contributed by atoms with van der Waals surface area (Å²) >= 11 is 10.8. The molecule has 0 unspecified atom stereocenters. The van der Waals surface area contributed by atoms with Crippen LogP contribution < -0.4 is 20.1 Å². The highest BCUT2D eigenvalue weighted by Gasteiger charge is 2.15. The van der Waals surface area contributed by atoms with Crippen LogP contribution in [0.2, 0.25) is 0 Å². The molecule has 0 saturated heterocycles. The topological polar surface area (TPSA) is 59.6 Å². The normalized spacial score (nSPS) is 10.0. The Morgan fingerprint density at radius 2 is 1.92 bits per heavy atom. The number of carbonyl (C=O) groups excluding carboxylic acids is 1. The molecule has 0 bridgehead atoms. The first kappa shape index (κ1) is 18.9. The van der Waals surface area contributed by atoms with Crippen molar-refractivity contribution < 1.29 is 14.3 Å². The van der Waals surface area contributed by atoms with Gasteiger partial charge in [0, 0.05) is 14.1 Å². The zero-order chi connectivity index (χ0) is 17.7. The molecule has 0 heterocycles. The van der Waals surface area contributed by atoms with Crippen LogP contribution in [0.25, 0.3) is 0 Å². The van der Waals surface area contributed by atoms with Gasteiger partial charge >= 0.3 is 0 Å². The van der Waals surface area contributed by atoms with E-state index in [1.165, 1.54) is 7.11 Å². The number of thiocarbonyl (C=S) groups is 1. The number of halogens is 2. The van der Waals surface area contributed by atoms with Crippen LogP contribution in [0.4, 0.5) is 5.69 Å². The largest absolute Gasteiger partial charge is 0.497 e. The van der Waals surface area contributed by atoms with Gasteiger partial charge in [-0.15, -0.1) is 0 Å². The van der Waals surface area contributed by atoms with Gasteiger partial charge in [-0.2, -0.15) is 0 Å². The number of amides is 1. The molecule has 126 valence electrons. The number of carbonyl (C=O) groups is 1. The third-order valence-corrected chi connectivity index (χ3v) is 4.65. The molecule has 0 spiro atoms. The van der Waals surface area contributed by atoms with Gasteiger partial charge < -0.3 is 14.8 Å². The van der Waals surface area contributed by atoms with Crippen molar-refractivity contribution in [3.05, 3.63) is 50.0 Å².